The van der Waals surface area contributed by atoms with Crippen molar-refractivity contribution in [2.75, 3.05) is 26.2 Å². The smallest absolute Gasteiger partial charge is 0.394 e. The summed E-state index contributed by atoms with van der Waals surface area (Å²) in [5, 5.41) is 11.2. The fourth-order valence-corrected chi connectivity index (χ4v) is 2.01. The molecule has 1 aliphatic rings. The van der Waals surface area contributed by atoms with Gasteiger partial charge in [-0.3, -0.25) is 4.79 Å². The van der Waals surface area contributed by atoms with E-state index in [2.05, 4.69) is 5.32 Å². The van der Waals surface area contributed by atoms with Crippen molar-refractivity contribution in [2.45, 2.75) is 25.6 Å². The van der Waals surface area contributed by atoms with Crippen molar-refractivity contribution < 1.29 is 23.1 Å². The third-order valence-corrected chi connectivity index (χ3v) is 2.99. The average Bonchev–Trinajstić information content (AvgIpc) is 2.57. The SMILES string of the molecule is CC1CCN(C(=O)CNCC(F)(F)F)C1CO. The molecule has 1 saturated heterocycles. The van der Waals surface area contributed by atoms with Gasteiger partial charge in [-0.1, -0.05) is 6.92 Å². The van der Waals surface area contributed by atoms with Crippen LogP contribution in [-0.4, -0.2) is 54.4 Å². The van der Waals surface area contributed by atoms with Crippen LogP contribution < -0.4 is 5.32 Å². The van der Waals surface area contributed by atoms with Gasteiger partial charge in [0, 0.05) is 6.54 Å². The molecule has 100 valence electrons. The summed E-state index contributed by atoms with van der Waals surface area (Å²) < 4.78 is 35.6. The molecule has 0 aromatic rings. The van der Waals surface area contributed by atoms with Gasteiger partial charge in [-0.25, -0.2) is 0 Å². The van der Waals surface area contributed by atoms with Crippen LogP contribution in [0.1, 0.15) is 13.3 Å². The van der Waals surface area contributed by atoms with Gasteiger partial charge in [0.05, 0.1) is 25.7 Å². The van der Waals surface area contributed by atoms with Gasteiger partial charge < -0.3 is 15.3 Å². The Morgan fingerprint density at radius 3 is 2.71 bits per heavy atom. The van der Waals surface area contributed by atoms with Gasteiger partial charge in [0.25, 0.3) is 0 Å². The Balaban J connectivity index is 2.38. The van der Waals surface area contributed by atoms with Crippen molar-refractivity contribution in [2.24, 2.45) is 5.92 Å². The Morgan fingerprint density at radius 2 is 2.18 bits per heavy atom. The number of likely N-dealkylation sites (tertiary alicyclic amines) is 1. The maximum absolute atomic E-state index is 11.9. The number of rotatable bonds is 4. The highest BCUT2D eigenvalue weighted by Crippen LogP contribution is 2.23. The second-order valence-corrected chi connectivity index (χ2v) is 4.32. The highest BCUT2D eigenvalue weighted by Gasteiger charge is 2.34. The number of carbonyl (C=O) groups is 1. The number of nitrogens with zero attached hydrogens (tertiary/aromatic N) is 1. The quantitative estimate of drug-likeness (QED) is 0.762. The molecule has 2 unspecified atom stereocenters. The molecule has 0 saturated carbocycles. The van der Waals surface area contributed by atoms with Crippen LogP contribution in [0.5, 0.6) is 0 Å². The van der Waals surface area contributed by atoms with E-state index in [4.69, 9.17) is 5.11 Å². The Morgan fingerprint density at radius 1 is 1.53 bits per heavy atom. The first-order chi connectivity index (χ1) is 7.85. The maximum Gasteiger partial charge on any atom is 0.401 e. The van der Waals surface area contributed by atoms with Crippen molar-refractivity contribution in [3.63, 3.8) is 0 Å². The van der Waals surface area contributed by atoms with Gasteiger partial charge in [-0.05, 0) is 12.3 Å². The zero-order chi connectivity index (χ0) is 13.1. The third kappa shape index (κ3) is 4.16. The van der Waals surface area contributed by atoms with Crippen LogP contribution in [0.2, 0.25) is 0 Å². The standard InChI is InChI=1S/C10H17F3N2O2/c1-7-2-3-15(8(7)5-16)9(17)4-14-6-10(11,12)13/h7-8,14,16H,2-6H2,1H3. The summed E-state index contributed by atoms with van der Waals surface area (Å²) in [6.45, 7) is 0.747. The highest BCUT2D eigenvalue weighted by atomic mass is 19.4. The second kappa shape index (κ2) is 5.68. The first kappa shape index (κ1) is 14.2. The fraction of sp³-hybridized carbons (Fsp3) is 0.900. The predicted molar refractivity (Wildman–Crippen MR) is 55.3 cm³/mol. The lowest BCUT2D eigenvalue weighted by Gasteiger charge is -2.25. The van der Waals surface area contributed by atoms with E-state index in [1.807, 2.05) is 6.92 Å². The van der Waals surface area contributed by atoms with Crippen LogP contribution in [0.4, 0.5) is 13.2 Å². The topological polar surface area (TPSA) is 52.6 Å². The van der Waals surface area contributed by atoms with Gasteiger partial charge in [-0.2, -0.15) is 13.2 Å². The minimum atomic E-state index is -4.31. The zero-order valence-corrected chi connectivity index (χ0v) is 9.63. The summed E-state index contributed by atoms with van der Waals surface area (Å²) in [7, 11) is 0. The number of halogens is 3. The van der Waals surface area contributed by atoms with Crippen LogP contribution in [0.25, 0.3) is 0 Å². The van der Waals surface area contributed by atoms with E-state index in [0.29, 0.717) is 6.54 Å². The molecule has 0 aliphatic carbocycles. The molecule has 1 amide bonds. The first-order valence-electron chi connectivity index (χ1n) is 5.53. The molecule has 17 heavy (non-hydrogen) atoms. The fourth-order valence-electron chi connectivity index (χ4n) is 2.01. The van der Waals surface area contributed by atoms with Crippen LogP contribution in [0.3, 0.4) is 0 Å². The number of aliphatic hydroxyl groups excluding tert-OH is 1. The number of hydrogen-bond acceptors (Lipinski definition) is 3. The lowest BCUT2D eigenvalue weighted by atomic mass is 10.0. The molecule has 1 aliphatic heterocycles. The van der Waals surface area contributed by atoms with E-state index in [-0.39, 0.29) is 25.1 Å². The monoisotopic (exact) mass is 254 g/mol. The van der Waals surface area contributed by atoms with Crippen molar-refractivity contribution in [3.05, 3.63) is 0 Å². The molecule has 0 spiro atoms. The molecule has 0 radical (unpaired) electrons. The molecule has 2 N–H and O–H groups in total. The minimum absolute atomic E-state index is 0.147. The molecule has 1 heterocycles. The summed E-state index contributed by atoms with van der Waals surface area (Å²) in [4.78, 5) is 13.1. The lowest BCUT2D eigenvalue weighted by molar-refractivity contribution is -0.135. The molecule has 2 atom stereocenters. The summed E-state index contributed by atoms with van der Waals surface area (Å²) in [5.41, 5.74) is 0. The van der Waals surface area contributed by atoms with Crippen molar-refractivity contribution in [1.29, 1.82) is 0 Å². The van der Waals surface area contributed by atoms with Gasteiger partial charge in [0.2, 0.25) is 5.91 Å². The Hall–Kier alpha value is -0.820. The summed E-state index contributed by atoms with van der Waals surface area (Å²) >= 11 is 0. The summed E-state index contributed by atoms with van der Waals surface area (Å²) in [6, 6.07) is -0.268. The molecule has 0 aromatic carbocycles. The largest absolute Gasteiger partial charge is 0.401 e. The molecule has 1 fully saturated rings. The molecule has 4 nitrogen and oxygen atoms in total. The maximum atomic E-state index is 11.9. The third-order valence-electron chi connectivity index (χ3n) is 2.99. The second-order valence-electron chi connectivity index (χ2n) is 4.32. The van der Waals surface area contributed by atoms with Crippen LogP contribution in [0.15, 0.2) is 0 Å². The summed E-state index contributed by atoms with van der Waals surface area (Å²) in [6.07, 6.45) is -3.54. The van der Waals surface area contributed by atoms with Gasteiger partial charge >= 0.3 is 6.18 Å². The average molecular weight is 254 g/mol. The van der Waals surface area contributed by atoms with Crippen LogP contribution in [0, 0.1) is 5.92 Å². The van der Waals surface area contributed by atoms with E-state index in [9.17, 15) is 18.0 Å². The van der Waals surface area contributed by atoms with Crippen molar-refractivity contribution >= 4 is 5.91 Å². The number of alkyl halides is 3. The van der Waals surface area contributed by atoms with E-state index >= 15 is 0 Å². The van der Waals surface area contributed by atoms with Crippen molar-refractivity contribution in [3.8, 4) is 0 Å². The Bertz CT molecular complexity index is 271. The molecular weight excluding hydrogens is 237 g/mol. The normalized spacial score (nSPS) is 25.4. The van der Waals surface area contributed by atoms with E-state index < -0.39 is 18.6 Å². The molecular formula is C10H17F3N2O2. The minimum Gasteiger partial charge on any atom is -0.394 e. The lowest BCUT2D eigenvalue weighted by Crippen LogP contribution is -2.45. The predicted octanol–water partition coefficient (Wildman–Crippen LogP) is 0.368. The number of amides is 1. The van der Waals surface area contributed by atoms with Crippen molar-refractivity contribution in [1.82, 2.24) is 10.2 Å². The Labute approximate surface area is 97.8 Å². The summed E-state index contributed by atoms with van der Waals surface area (Å²) in [5.74, 6) is -0.204. The number of carbonyl (C=O) groups excluding carboxylic acids is 1. The zero-order valence-electron chi connectivity index (χ0n) is 9.63. The molecule has 0 aromatic heterocycles. The van der Waals surface area contributed by atoms with Gasteiger partial charge in [0.15, 0.2) is 0 Å². The van der Waals surface area contributed by atoms with Crippen LogP contribution in [-0.2, 0) is 4.79 Å². The number of nitrogens with one attached hydrogen (secondary N) is 1. The van der Waals surface area contributed by atoms with E-state index in [0.717, 1.165) is 6.42 Å². The van der Waals surface area contributed by atoms with E-state index in [1.54, 1.807) is 0 Å². The van der Waals surface area contributed by atoms with E-state index in [1.165, 1.54) is 4.90 Å². The first-order valence-corrected chi connectivity index (χ1v) is 5.53. The number of aliphatic hydroxyl groups is 1. The Kier molecular flexibility index (Phi) is 4.76. The molecule has 1 rings (SSSR count). The van der Waals surface area contributed by atoms with Gasteiger partial charge in [0.1, 0.15) is 0 Å². The van der Waals surface area contributed by atoms with Crippen LogP contribution >= 0.6 is 0 Å². The number of hydrogen-bond donors (Lipinski definition) is 2. The molecule has 0 bridgehead atoms. The van der Waals surface area contributed by atoms with Gasteiger partial charge in [-0.15, -0.1) is 0 Å². The molecule has 7 heteroatoms. The highest BCUT2D eigenvalue weighted by molar-refractivity contribution is 5.79.